The van der Waals surface area contributed by atoms with Crippen molar-refractivity contribution in [1.29, 1.82) is 0 Å². The van der Waals surface area contributed by atoms with Crippen LogP contribution in [0.1, 0.15) is 17.3 Å². The molecule has 8 nitrogen and oxygen atoms in total. The van der Waals surface area contributed by atoms with Crippen molar-refractivity contribution >= 4 is 29.5 Å². The van der Waals surface area contributed by atoms with Crippen molar-refractivity contribution in [3.8, 4) is 0 Å². The summed E-state index contributed by atoms with van der Waals surface area (Å²) in [6.07, 6.45) is 1.78. The van der Waals surface area contributed by atoms with E-state index in [2.05, 4.69) is 19.5 Å². The summed E-state index contributed by atoms with van der Waals surface area (Å²) in [6.45, 7) is 1.30. The van der Waals surface area contributed by atoms with Gasteiger partial charge in [0.15, 0.2) is 6.61 Å². The fourth-order valence-corrected chi connectivity index (χ4v) is 1.52. The number of methoxy groups -OCH3 is 1. The third kappa shape index (κ3) is 6.73. The van der Waals surface area contributed by atoms with Crippen molar-refractivity contribution in [2.24, 2.45) is 0 Å². The number of hydrogen-bond donors (Lipinski definition) is 1. The van der Waals surface area contributed by atoms with Crippen LogP contribution in [0.3, 0.4) is 0 Å². The Balaban J connectivity index is 2.42. The number of amides is 1. The third-order valence-corrected chi connectivity index (χ3v) is 2.58. The molecule has 0 unspecified atom stereocenters. The fourth-order valence-electron chi connectivity index (χ4n) is 1.52. The van der Waals surface area contributed by atoms with Gasteiger partial charge in [0.25, 0.3) is 5.91 Å². The van der Waals surface area contributed by atoms with Crippen LogP contribution in [0.5, 0.6) is 0 Å². The second-order valence-corrected chi connectivity index (χ2v) is 4.31. The van der Waals surface area contributed by atoms with E-state index in [0.717, 1.165) is 12.2 Å². The van der Waals surface area contributed by atoms with Gasteiger partial charge in [0.2, 0.25) is 0 Å². The molecule has 0 saturated heterocycles. The first-order chi connectivity index (χ1) is 11.5. The number of anilines is 1. The molecule has 0 aliphatic carbocycles. The maximum Gasteiger partial charge on any atom is 0.337 e. The van der Waals surface area contributed by atoms with Crippen LogP contribution in [0.4, 0.5) is 5.69 Å². The summed E-state index contributed by atoms with van der Waals surface area (Å²) >= 11 is 0. The van der Waals surface area contributed by atoms with Gasteiger partial charge in [0.05, 0.1) is 19.3 Å². The van der Waals surface area contributed by atoms with Gasteiger partial charge in [-0.2, -0.15) is 0 Å². The average Bonchev–Trinajstić information content (AvgIpc) is 2.58. The lowest BCUT2D eigenvalue weighted by molar-refractivity contribution is -0.143. The topological polar surface area (TPSA) is 108 Å². The third-order valence-electron chi connectivity index (χ3n) is 2.58. The van der Waals surface area contributed by atoms with Crippen molar-refractivity contribution in [2.75, 3.05) is 25.6 Å². The predicted octanol–water partition coefficient (Wildman–Crippen LogP) is 1.07. The van der Waals surface area contributed by atoms with Gasteiger partial charge in [-0.3, -0.25) is 4.79 Å². The van der Waals surface area contributed by atoms with Crippen molar-refractivity contribution in [2.45, 2.75) is 6.92 Å². The molecule has 0 spiro atoms. The quantitative estimate of drug-likeness (QED) is 0.451. The van der Waals surface area contributed by atoms with E-state index >= 15 is 0 Å². The number of rotatable bonds is 7. The average molecular weight is 335 g/mol. The molecule has 1 aromatic rings. The van der Waals surface area contributed by atoms with E-state index in [1.807, 2.05) is 0 Å². The molecular weight excluding hydrogens is 318 g/mol. The lowest BCUT2D eigenvalue weighted by Gasteiger charge is -2.06. The Morgan fingerprint density at radius 1 is 1.00 bits per heavy atom. The van der Waals surface area contributed by atoms with Gasteiger partial charge in [0, 0.05) is 17.8 Å². The largest absolute Gasteiger partial charge is 0.465 e. The maximum atomic E-state index is 11.6. The minimum absolute atomic E-state index is 0.190. The van der Waals surface area contributed by atoms with E-state index in [1.165, 1.54) is 31.4 Å². The molecule has 0 aromatic heterocycles. The number of ether oxygens (including phenoxy) is 3. The Morgan fingerprint density at radius 3 is 2.12 bits per heavy atom. The SMILES string of the molecule is CCOC(=O)/C=C/C(=O)OCC(=O)Nc1ccc(C(=O)OC)cc1. The summed E-state index contributed by atoms with van der Waals surface area (Å²) in [6, 6.07) is 5.98. The van der Waals surface area contributed by atoms with E-state index in [4.69, 9.17) is 0 Å². The van der Waals surface area contributed by atoms with E-state index in [1.54, 1.807) is 6.92 Å². The molecule has 0 saturated carbocycles. The maximum absolute atomic E-state index is 11.6. The van der Waals surface area contributed by atoms with Gasteiger partial charge in [-0.15, -0.1) is 0 Å². The van der Waals surface area contributed by atoms with Gasteiger partial charge in [-0.1, -0.05) is 0 Å². The Bertz CT molecular complexity index is 634. The molecule has 128 valence electrons. The molecule has 0 atom stereocenters. The Hall–Kier alpha value is -3.16. The zero-order valence-electron chi connectivity index (χ0n) is 13.2. The van der Waals surface area contributed by atoms with Gasteiger partial charge >= 0.3 is 17.9 Å². The predicted molar refractivity (Wildman–Crippen MR) is 83.1 cm³/mol. The van der Waals surface area contributed by atoms with E-state index in [-0.39, 0.29) is 6.61 Å². The highest BCUT2D eigenvalue weighted by Gasteiger charge is 2.08. The Morgan fingerprint density at radius 2 is 1.58 bits per heavy atom. The fraction of sp³-hybridized carbons (Fsp3) is 0.250. The highest BCUT2D eigenvalue weighted by Crippen LogP contribution is 2.10. The molecule has 1 amide bonds. The Kier molecular flexibility index (Phi) is 7.69. The normalized spacial score (nSPS) is 10.1. The van der Waals surface area contributed by atoms with Gasteiger partial charge in [0.1, 0.15) is 0 Å². The second kappa shape index (κ2) is 9.78. The highest BCUT2D eigenvalue weighted by atomic mass is 16.5. The van der Waals surface area contributed by atoms with Crippen LogP contribution in [0, 0.1) is 0 Å². The van der Waals surface area contributed by atoms with E-state index in [9.17, 15) is 19.2 Å². The molecule has 1 N–H and O–H groups in total. The van der Waals surface area contributed by atoms with Crippen LogP contribution in [-0.2, 0) is 28.6 Å². The van der Waals surface area contributed by atoms with Crippen LogP contribution in [0.25, 0.3) is 0 Å². The molecule has 1 aromatic carbocycles. The summed E-state index contributed by atoms with van der Waals surface area (Å²) in [5.74, 6) is -2.59. The van der Waals surface area contributed by atoms with Crippen molar-refractivity contribution in [3.05, 3.63) is 42.0 Å². The van der Waals surface area contributed by atoms with Crippen LogP contribution in [0.15, 0.2) is 36.4 Å². The standard InChI is InChI=1S/C16H17NO7/c1-3-23-14(19)8-9-15(20)24-10-13(18)17-12-6-4-11(5-7-12)16(21)22-2/h4-9H,3,10H2,1-2H3,(H,17,18)/b9-8+. The molecular formula is C16H17NO7. The second-order valence-electron chi connectivity index (χ2n) is 4.31. The number of benzene rings is 1. The molecule has 0 aliphatic heterocycles. The van der Waals surface area contributed by atoms with Crippen LogP contribution >= 0.6 is 0 Å². The van der Waals surface area contributed by atoms with Crippen LogP contribution < -0.4 is 5.32 Å². The van der Waals surface area contributed by atoms with Gasteiger partial charge < -0.3 is 19.5 Å². The molecule has 0 aliphatic rings. The van der Waals surface area contributed by atoms with Crippen molar-refractivity contribution in [1.82, 2.24) is 0 Å². The minimum atomic E-state index is -0.848. The zero-order valence-corrected chi connectivity index (χ0v) is 13.2. The lowest BCUT2D eigenvalue weighted by Crippen LogP contribution is -2.20. The van der Waals surface area contributed by atoms with Crippen LogP contribution in [-0.4, -0.2) is 44.1 Å². The highest BCUT2D eigenvalue weighted by molar-refractivity contribution is 5.96. The molecule has 0 fully saturated rings. The molecule has 1 rings (SSSR count). The summed E-state index contributed by atoms with van der Waals surface area (Å²) in [5.41, 5.74) is 0.761. The molecule has 0 radical (unpaired) electrons. The van der Waals surface area contributed by atoms with Gasteiger partial charge in [-0.25, -0.2) is 14.4 Å². The molecule has 24 heavy (non-hydrogen) atoms. The first kappa shape index (κ1) is 18.9. The summed E-state index contributed by atoms with van der Waals surface area (Å²) in [7, 11) is 1.27. The first-order valence-electron chi connectivity index (χ1n) is 6.96. The number of esters is 3. The monoisotopic (exact) mass is 335 g/mol. The van der Waals surface area contributed by atoms with E-state index < -0.39 is 30.4 Å². The summed E-state index contributed by atoms with van der Waals surface area (Å²) < 4.78 is 13.8. The van der Waals surface area contributed by atoms with Gasteiger partial charge in [-0.05, 0) is 31.2 Å². The summed E-state index contributed by atoms with van der Waals surface area (Å²) in [5, 5.41) is 2.48. The van der Waals surface area contributed by atoms with E-state index in [0.29, 0.717) is 11.3 Å². The minimum Gasteiger partial charge on any atom is -0.465 e. The zero-order chi connectivity index (χ0) is 17.9. The number of carbonyl (C=O) groups is 4. The number of hydrogen-bond acceptors (Lipinski definition) is 7. The Labute approximate surface area is 138 Å². The molecule has 0 bridgehead atoms. The number of carbonyl (C=O) groups excluding carboxylic acids is 4. The van der Waals surface area contributed by atoms with Crippen molar-refractivity contribution in [3.63, 3.8) is 0 Å². The first-order valence-corrected chi connectivity index (χ1v) is 6.96. The number of nitrogens with one attached hydrogen (secondary N) is 1. The smallest absolute Gasteiger partial charge is 0.337 e. The molecule has 0 heterocycles. The molecule has 8 heteroatoms. The lowest BCUT2D eigenvalue weighted by atomic mass is 10.2. The summed E-state index contributed by atoms with van der Waals surface area (Å²) in [4.78, 5) is 45.2. The van der Waals surface area contributed by atoms with Crippen molar-refractivity contribution < 1.29 is 33.4 Å². The van der Waals surface area contributed by atoms with Crippen LogP contribution in [0.2, 0.25) is 0 Å².